The molecule has 13 heteroatoms. The van der Waals surface area contributed by atoms with Crippen molar-refractivity contribution in [2.24, 2.45) is 0 Å². The largest absolute Gasteiger partial charge is 0.414 e. The molecule has 338 valence electrons. The van der Waals surface area contributed by atoms with Crippen molar-refractivity contribution in [2.45, 2.75) is 135 Å². The van der Waals surface area contributed by atoms with Crippen LogP contribution >= 0.6 is 0 Å². The Morgan fingerprint density at radius 1 is 0.443 bits per heavy atom. The van der Waals surface area contributed by atoms with Crippen molar-refractivity contribution in [3.8, 4) is 0 Å². The number of amides is 3. The molecule has 3 aromatic carbocycles. The summed E-state index contributed by atoms with van der Waals surface area (Å²) in [6.45, 7) is 33.1. The van der Waals surface area contributed by atoms with Gasteiger partial charge in [0.1, 0.15) is 0 Å². The number of nitrogens with one attached hydrogen (secondary N) is 3. The predicted octanol–water partition coefficient (Wildman–Crippen LogP) is 9.93. The normalized spacial score (nSPS) is 14.6. The lowest BCUT2D eigenvalue weighted by atomic mass is 10.1. The minimum atomic E-state index is -2.16. The second-order valence-corrected chi connectivity index (χ2v) is 35.4. The number of hydrogen-bond acceptors (Lipinski definition) is 7. The van der Waals surface area contributed by atoms with Gasteiger partial charge < -0.3 is 29.2 Å². The van der Waals surface area contributed by atoms with Crippen molar-refractivity contribution in [3.63, 3.8) is 0 Å². The summed E-state index contributed by atoms with van der Waals surface area (Å²) in [6, 6.07) is 28.0. The third kappa shape index (κ3) is 16.3. The highest BCUT2D eigenvalue weighted by Crippen LogP contribution is 2.39. The number of benzene rings is 3. The highest BCUT2D eigenvalue weighted by atomic mass is 28.4. The number of carbonyl (C=O) groups is 3. The summed E-state index contributed by atoms with van der Waals surface area (Å²) in [5.41, 5.74) is 2.74. The van der Waals surface area contributed by atoms with Gasteiger partial charge in [0.2, 0.25) is 17.7 Å². The molecular weight excluding hydrogens is 813 g/mol. The van der Waals surface area contributed by atoms with Crippen LogP contribution in [0.5, 0.6) is 0 Å². The summed E-state index contributed by atoms with van der Waals surface area (Å²) in [4.78, 5) is 44.0. The molecule has 10 nitrogen and oxygen atoms in total. The van der Waals surface area contributed by atoms with E-state index in [0.717, 1.165) is 16.7 Å². The molecular formula is C48H78N4O6Si3. The molecule has 0 heterocycles. The Kier molecular flexibility index (Phi) is 18.5. The van der Waals surface area contributed by atoms with E-state index in [0.29, 0.717) is 19.8 Å². The van der Waals surface area contributed by atoms with Crippen LogP contribution < -0.4 is 16.0 Å². The van der Waals surface area contributed by atoms with Gasteiger partial charge in [0, 0.05) is 0 Å². The van der Waals surface area contributed by atoms with Crippen LogP contribution in [-0.4, -0.2) is 87.0 Å². The van der Waals surface area contributed by atoms with Crippen LogP contribution in [0.25, 0.3) is 0 Å². The van der Waals surface area contributed by atoms with E-state index in [-0.39, 0.29) is 52.5 Å². The first kappa shape index (κ1) is 51.9. The minimum Gasteiger partial charge on any atom is -0.414 e. The molecule has 3 rings (SSSR count). The molecule has 3 amide bonds. The zero-order valence-electron chi connectivity index (χ0n) is 40.0. The van der Waals surface area contributed by atoms with Gasteiger partial charge >= 0.3 is 0 Å². The summed E-state index contributed by atoms with van der Waals surface area (Å²) in [6.07, 6.45) is 0. The first-order valence-corrected chi connectivity index (χ1v) is 30.5. The maximum absolute atomic E-state index is 14.1. The van der Waals surface area contributed by atoms with Crippen molar-refractivity contribution >= 4 is 42.7 Å². The van der Waals surface area contributed by atoms with Crippen LogP contribution in [-0.2, 0) is 27.7 Å². The Morgan fingerprint density at radius 2 is 0.656 bits per heavy atom. The smallest absolute Gasteiger partial charge is 0.234 e. The van der Waals surface area contributed by atoms with E-state index in [2.05, 4.69) is 118 Å². The van der Waals surface area contributed by atoms with Gasteiger partial charge in [0.25, 0.3) is 0 Å². The monoisotopic (exact) mass is 891 g/mol. The molecule has 0 bridgehead atoms. The predicted molar refractivity (Wildman–Crippen MR) is 258 cm³/mol. The van der Waals surface area contributed by atoms with Crippen molar-refractivity contribution in [2.75, 3.05) is 39.5 Å². The Morgan fingerprint density at radius 3 is 0.852 bits per heavy atom. The standard InChI is InChI=1S/C48H78N4O6Si3/c1-46(2,3)59(10,11)56-34-40(37-25-19-16-20-26-37)49-43(53)31-52(32-44(54)50-41(38-27-21-17-22-28-38)35-57-60(12,13)47(4,5)6)33-45(55)51-42(39-29-23-18-24-30-39)36-58-61(14,15)48(7,8)9/h16-30,40-42H,31-36H2,1-15H3,(H,49,53)(H,50,54)(H,51,55)/t40-,41-,42-/m1/s1. The minimum absolute atomic E-state index is 0.0174. The molecule has 0 aliphatic carbocycles. The highest BCUT2D eigenvalue weighted by molar-refractivity contribution is 6.74. The zero-order valence-corrected chi connectivity index (χ0v) is 43.0. The SMILES string of the molecule is CC(C)(C)[Si](C)(C)OC[C@@H](NC(=O)CN(CC(=O)N[C@H](CO[Si](C)(C)C(C)(C)C)c1ccccc1)CC(=O)N[C@H](CO[Si](C)(C)C(C)(C)C)c1ccccc1)c1ccccc1. The molecule has 0 saturated carbocycles. The molecule has 3 atom stereocenters. The van der Waals surface area contributed by atoms with E-state index >= 15 is 0 Å². The summed E-state index contributed by atoms with van der Waals surface area (Å²) in [7, 11) is -6.47. The Bertz CT molecular complexity index is 1610. The molecule has 3 aromatic rings. The second kappa shape index (κ2) is 21.8. The lowest BCUT2D eigenvalue weighted by molar-refractivity contribution is -0.128. The number of rotatable bonds is 21. The first-order chi connectivity index (χ1) is 28.1. The van der Waals surface area contributed by atoms with E-state index < -0.39 is 43.1 Å². The van der Waals surface area contributed by atoms with E-state index in [1.807, 2.05) is 91.0 Å². The van der Waals surface area contributed by atoms with Crippen LogP contribution in [0.2, 0.25) is 54.4 Å². The van der Waals surface area contributed by atoms with Gasteiger partial charge in [-0.2, -0.15) is 0 Å². The maximum atomic E-state index is 14.1. The fraction of sp³-hybridized carbons (Fsp3) is 0.562. The molecule has 0 aliphatic heterocycles. The molecule has 0 fully saturated rings. The number of hydrogen-bond donors (Lipinski definition) is 3. The molecule has 0 unspecified atom stereocenters. The average Bonchev–Trinajstić information content (AvgIpc) is 3.16. The fourth-order valence-corrected chi connectivity index (χ4v) is 8.79. The third-order valence-electron chi connectivity index (χ3n) is 13.0. The van der Waals surface area contributed by atoms with E-state index in [1.165, 1.54) is 0 Å². The lowest BCUT2D eigenvalue weighted by Crippen LogP contribution is -2.50. The van der Waals surface area contributed by atoms with E-state index in [4.69, 9.17) is 13.3 Å². The van der Waals surface area contributed by atoms with Crippen LogP contribution in [0.1, 0.15) is 97.1 Å². The van der Waals surface area contributed by atoms with Gasteiger partial charge in [-0.05, 0) is 71.1 Å². The summed E-state index contributed by atoms with van der Waals surface area (Å²) in [5, 5.41) is 9.52. The van der Waals surface area contributed by atoms with Gasteiger partial charge in [-0.1, -0.05) is 153 Å². The molecule has 3 N–H and O–H groups in total. The van der Waals surface area contributed by atoms with Crippen molar-refractivity contribution in [1.82, 2.24) is 20.9 Å². The lowest BCUT2D eigenvalue weighted by Gasteiger charge is -2.37. The maximum Gasteiger partial charge on any atom is 0.234 e. The summed E-state index contributed by atoms with van der Waals surface area (Å²) < 4.78 is 19.9. The Balaban J connectivity index is 1.92. The topological polar surface area (TPSA) is 118 Å². The van der Waals surface area contributed by atoms with Crippen LogP contribution in [0, 0.1) is 0 Å². The van der Waals surface area contributed by atoms with E-state index in [1.54, 1.807) is 4.90 Å². The van der Waals surface area contributed by atoms with Crippen LogP contribution in [0.4, 0.5) is 0 Å². The summed E-state index contributed by atoms with van der Waals surface area (Å²) >= 11 is 0. The van der Waals surface area contributed by atoms with Crippen LogP contribution in [0.3, 0.4) is 0 Å². The van der Waals surface area contributed by atoms with Gasteiger partial charge in [0.15, 0.2) is 25.0 Å². The van der Waals surface area contributed by atoms with Gasteiger partial charge in [-0.25, -0.2) is 0 Å². The van der Waals surface area contributed by atoms with Crippen molar-refractivity contribution in [3.05, 3.63) is 108 Å². The Labute approximate surface area is 371 Å². The third-order valence-corrected chi connectivity index (χ3v) is 26.5. The van der Waals surface area contributed by atoms with Crippen molar-refractivity contribution < 1.29 is 27.7 Å². The van der Waals surface area contributed by atoms with Crippen molar-refractivity contribution in [1.29, 1.82) is 0 Å². The molecule has 0 spiro atoms. The zero-order chi connectivity index (χ0) is 45.9. The second-order valence-electron chi connectivity index (χ2n) is 21.0. The number of carbonyl (C=O) groups excluding carboxylic acids is 3. The average molecular weight is 891 g/mol. The Hall–Kier alpha value is -3.44. The molecule has 0 saturated heterocycles. The quantitative estimate of drug-likeness (QED) is 0.0912. The number of nitrogens with zero attached hydrogens (tertiary/aromatic N) is 1. The molecule has 0 aromatic heterocycles. The van der Waals surface area contributed by atoms with Gasteiger partial charge in [-0.3, -0.25) is 19.3 Å². The highest BCUT2D eigenvalue weighted by Gasteiger charge is 2.40. The van der Waals surface area contributed by atoms with E-state index in [9.17, 15) is 14.4 Å². The summed E-state index contributed by atoms with van der Waals surface area (Å²) in [5.74, 6) is -0.972. The van der Waals surface area contributed by atoms with Gasteiger partial charge in [0.05, 0.1) is 57.6 Å². The van der Waals surface area contributed by atoms with Gasteiger partial charge in [-0.15, -0.1) is 0 Å². The first-order valence-electron chi connectivity index (χ1n) is 21.8. The van der Waals surface area contributed by atoms with Crippen LogP contribution in [0.15, 0.2) is 91.0 Å². The molecule has 0 radical (unpaired) electrons. The fourth-order valence-electron chi connectivity index (χ4n) is 5.74. The molecule has 61 heavy (non-hydrogen) atoms. The molecule has 0 aliphatic rings.